The topological polar surface area (TPSA) is 73.0 Å². The molecular formula is C28H33FN4O2. The summed E-state index contributed by atoms with van der Waals surface area (Å²) in [5.74, 6) is -0.279. The van der Waals surface area contributed by atoms with Gasteiger partial charge >= 0.3 is 0 Å². The van der Waals surface area contributed by atoms with E-state index in [4.69, 9.17) is 5.73 Å². The number of hydrogen-bond donors (Lipinski definition) is 2. The molecular weight excluding hydrogens is 443 g/mol. The van der Waals surface area contributed by atoms with Crippen LogP contribution in [0.5, 0.6) is 0 Å². The Morgan fingerprint density at radius 3 is 2.43 bits per heavy atom. The number of benzene rings is 3. The van der Waals surface area contributed by atoms with Gasteiger partial charge in [0.05, 0.1) is 12.8 Å². The Kier molecular flexibility index (Phi) is 6.49. The second-order valence-electron chi connectivity index (χ2n) is 9.86. The Labute approximate surface area is 205 Å². The first-order chi connectivity index (χ1) is 16.9. The van der Waals surface area contributed by atoms with Crippen LogP contribution in [0.3, 0.4) is 0 Å². The predicted octanol–water partition coefficient (Wildman–Crippen LogP) is 3.25. The second-order valence-corrected chi connectivity index (χ2v) is 9.86. The van der Waals surface area contributed by atoms with Gasteiger partial charge < -0.3 is 20.6 Å². The molecule has 1 atom stereocenters. The number of β-amino-alcohol motifs (C(OH)–C–C–N with tert-alkyl or cyclic N) is 1. The maximum absolute atomic E-state index is 13.7. The van der Waals surface area contributed by atoms with E-state index in [9.17, 15) is 14.3 Å². The number of nitrogens with two attached hydrogens (primary N) is 1. The average Bonchev–Trinajstić information content (AvgIpc) is 3.12. The highest BCUT2D eigenvalue weighted by Gasteiger charge is 2.53. The van der Waals surface area contributed by atoms with Crippen molar-refractivity contribution in [3.63, 3.8) is 0 Å². The van der Waals surface area contributed by atoms with Gasteiger partial charge in [0.1, 0.15) is 11.4 Å². The van der Waals surface area contributed by atoms with Crippen molar-refractivity contribution in [2.75, 3.05) is 37.7 Å². The fraction of sp³-hybridized carbons (Fsp3) is 0.393. The molecule has 2 fully saturated rings. The molecule has 1 spiro atoms. The van der Waals surface area contributed by atoms with Crippen LogP contribution in [-0.2, 0) is 11.3 Å². The summed E-state index contributed by atoms with van der Waals surface area (Å²) in [7, 11) is 0. The van der Waals surface area contributed by atoms with Crippen LogP contribution in [0.4, 0.5) is 10.1 Å². The number of rotatable bonds is 6. The van der Waals surface area contributed by atoms with Gasteiger partial charge in [0.25, 0.3) is 0 Å². The molecule has 0 saturated carbocycles. The Morgan fingerprint density at radius 1 is 1.06 bits per heavy atom. The van der Waals surface area contributed by atoms with Gasteiger partial charge in [-0.2, -0.15) is 0 Å². The number of nitrogens with zero attached hydrogens (tertiary/aromatic N) is 3. The first kappa shape index (κ1) is 23.7. The standard InChI is InChI=1S/C28H33FN4O2/c1-20-4-2-5-21-6-3-7-22(26(20)21)17-31-14-12-28(13-15-31)27(35)32(18-25(34)16-30)19-33(28)24-10-8-23(29)9-11-24/h2-11,25,34H,12-19,30H2,1H3. The van der Waals surface area contributed by atoms with Gasteiger partial charge in [-0.3, -0.25) is 9.69 Å². The summed E-state index contributed by atoms with van der Waals surface area (Å²) >= 11 is 0. The lowest BCUT2D eigenvalue weighted by molar-refractivity contribution is -0.134. The number of amides is 1. The highest BCUT2D eigenvalue weighted by molar-refractivity contribution is 5.93. The molecule has 3 aromatic carbocycles. The normalized spacial score (nSPS) is 19.1. The van der Waals surface area contributed by atoms with Gasteiger partial charge in [0.15, 0.2) is 0 Å². The summed E-state index contributed by atoms with van der Waals surface area (Å²) < 4.78 is 13.6. The number of carbonyl (C=O) groups excluding carboxylic acids is 1. The van der Waals surface area contributed by atoms with Crippen LogP contribution in [0.2, 0.25) is 0 Å². The zero-order valence-corrected chi connectivity index (χ0v) is 20.2. The van der Waals surface area contributed by atoms with Crippen molar-refractivity contribution in [3.05, 3.63) is 77.6 Å². The molecule has 6 nitrogen and oxygen atoms in total. The van der Waals surface area contributed by atoms with E-state index in [1.807, 2.05) is 0 Å². The molecule has 3 N–H and O–H groups in total. The van der Waals surface area contributed by atoms with Gasteiger partial charge in [0.2, 0.25) is 5.91 Å². The number of likely N-dealkylation sites (tertiary alicyclic amines) is 1. The van der Waals surface area contributed by atoms with E-state index in [0.717, 1.165) is 25.3 Å². The summed E-state index contributed by atoms with van der Waals surface area (Å²) in [6.45, 7) is 5.21. The van der Waals surface area contributed by atoms with Gasteiger partial charge in [-0.15, -0.1) is 0 Å². The minimum atomic E-state index is -0.765. The van der Waals surface area contributed by atoms with Gasteiger partial charge in [-0.05, 0) is 65.9 Å². The van der Waals surface area contributed by atoms with Crippen molar-refractivity contribution in [2.45, 2.75) is 38.0 Å². The van der Waals surface area contributed by atoms with E-state index in [1.54, 1.807) is 17.0 Å². The summed E-state index contributed by atoms with van der Waals surface area (Å²) in [6, 6.07) is 19.2. The van der Waals surface area contributed by atoms with Crippen molar-refractivity contribution in [1.29, 1.82) is 0 Å². The Morgan fingerprint density at radius 2 is 1.74 bits per heavy atom. The highest BCUT2D eigenvalue weighted by atomic mass is 19.1. The van der Waals surface area contributed by atoms with Crippen molar-refractivity contribution >= 4 is 22.4 Å². The Hall–Kier alpha value is -3.00. The quantitative estimate of drug-likeness (QED) is 0.572. The van der Waals surface area contributed by atoms with Crippen LogP contribution in [0.15, 0.2) is 60.7 Å². The van der Waals surface area contributed by atoms with Crippen LogP contribution in [0, 0.1) is 12.7 Å². The molecule has 0 radical (unpaired) electrons. The van der Waals surface area contributed by atoms with Crippen LogP contribution < -0.4 is 10.6 Å². The Bertz CT molecular complexity index is 1200. The molecule has 2 heterocycles. The Balaban J connectivity index is 1.38. The fourth-order valence-electron chi connectivity index (χ4n) is 5.76. The smallest absolute Gasteiger partial charge is 0.250 e. The molecule has 184 valence electrons. The van der Waals surface area contributed by atoms with Crippen LogP contribution in [-0.4, -0.2) is 65.3 Å². The number of halogens is 1. The summed E-state index contributed by atoms with van der Waals surface area (Å²) in [5, 5.41) is 12.7. The molecule has 2 aliphatic rings. The molecule has 7 heteroatoms. The van der Waals surface area contributed by atoms with Crippen molar-refractivity contribution in [2.24, 2.45) is 5.73 Å². The summed E-state index contributed by atoms with van der Waals surface area (Å²) in [6.07, 6.45) is 0.573. The minimum absolute atomic E-state index is 0.0231. The molecule has 0 bridgehead atoms. The molecule has 3 aromatic rings. The SMILES string of the molecule is Cc1cccc2cccc(CN3CCC4(CC3)C(=O)N(CC(O)CN)CN4c3ccc(F)cc3)c12. The highest BCUT2D eigenvalue weighted by Crippen LogP contribution is 2.40. The monoisotopic (exact) mass is 476 g/mol. The lowest BCUT2D eigenvalue weighted by Gasteiger charge is -2.43. The molecule has 0 aliphatic carbocycles. The number of hydrogen-bond acceptors (Lipinski definition) is 5. The third kappa shape index (κ3) is 4.40. The van der Waals surface area contributed by atoms with E-state index in [-0.39, 0.29) is 24.8 Å². The summed E-state index contributed by atoms with van der Waals surface area (Å²) in [5.41, 5.74) is 8.32. The lowest BCUT2D eigenvalue weighted by Crippen LogP contribution is -2.56. The number of aliphatic hydroxyl groups is 1. The maximum atomic E-state index is 13.7. The number of aryl methyl sites for hydroxylation is 1. The van der Waals surface area contributed by atoms with Crippen LogP contribution in [0.25, 0.3) is 10.8 Å². The van der Waals surface area contributed by atoms with Gasteiger partial charge in [-0.25, -0.2) is 4.39 Å². The maximum Gasteiger partial charge on any atom is 0.250 e. The zero-order chi connectivity index (χ0) is 24.6. The van der Waals surface area contributed by atoms with Gasteiger partial charge in [-0.1, -0.05) is 36.4 Å². The first-order valence-corrected chi connectivity index (χ1v) is 12.3. The number of piperidine rings is 1. The number of aliphatic hydroxyl groups excluding tert-OH is 1. The van der Waals surface area contributed by atoms with E-state index in [0.29, 0.717) is 19.5 Å². The predicted molar refractivity (Wildman–Crippen MR) is 136 cm³/mol. The third-order valence-corrected chi connectivity index (χ3v) is 7.63. The van der Waals surface area contributed by atoms with E-state index < -0.39 is 11.6 Å². The summed E-state index contributed by atoms with van der Waals surface area (Å²) in [4.78, 5) is 19.9. The van der Waals surface area contributed by atoms with Crippen LogP contribution in [0.1, 0.15) is 24.0 Å². The molecule has 1 unspecified atom stereocenters. The van der Waals surface area contributed by atoms with Crippen molar-refractivity contribution < 1.29 is 14.3 Å². The van der Waals surface area contributed by atoms with Gasteiger partial charge in [0, 0.05) is 38.4 Å². The lowest BCUT2D eigenvalue weighted by atomic mass is 9.85. The van der Waals surface area contributed by atoms with Crippen LogP contribution >= 0.6 is 0 Å². The number of carbonyl (C=O) groups is 1. The zero-order valence-electron chi connectivity index (χ0n) is 20.2. The second kappa shape index (κ2) is 9.57. The molecule has 35 heavy (non-hydrogen) atoms. The first-order valence-electron chi connectivity index (χ1n) is 12.3. The fourth-order valence-corrected chi connectivity index (χ4v) is 5.76. The third-order valence-electron chi connectivity index (χ3n) is 7.63. The van der Waals surface area contributed by atoms with Crippen molar-refractivity contribution in [3.8, 4) is 0 Å². The number of anilines is 1. The molecule has 0 aromatic heterocycles. The molecule has 2 saturated heterocycles. The average molecular weight is 477 g/mol. The van der Waals surface area contributed by atoms with E-state index >= 15 is 0 Å². The number of fused-ring (bicyclic) bond motifs is 1. The van der Waals surface area contributed by atoms with E-state index in [2.05, 4.69) is 53.1 Å². The minimum Gasteiger partial charge on any atom is -0.390 e. The largest absolute Gasteiger partial charge is 0.390 e. The van der Waals surface area contributed by atoms with E-state index in [1.165, 1.54) is 34.0 Å². The van der Waals surface area contributed by atoms with Crippen molar-refractivity contribution in [1.82, 2.24) is 9.80 Å². The molecule has 2 aliphatic heterocycles. The molecule has 5 rings (SSSR count). The molecule has 1 amide bonds.